The summed E-state index contributed by atoms with van der Waals surface area (Å²) in [6.45, 7) is 5.76. The Hall–Kier alpha value is -3.21. The molecule has 0 radical (unpaired) electrons. The lowest BCUT2D eigenvalue weighted by molar-refractivity contribution is 0.0934. The van der Waals surface area contributed by atoms with Gasteiger partial charge in [-0.1, -0.05) is 42.5 Å². The summed E-state index contributed by atoms with van der Waals surface area (Å²) in [4.78, 5) is 21.3. The smallest absolute Gasteiger partial charge is 0.270 e. The lowest BCUT2D eigenvalue weighted by atomic mass is 10.1. The molecule has 1 atom stereocenters. The Balaban J connectivity index is 1.77. The van der Waals surface area contributed by atoms with Crippen LogP contribution >= 0.6 is 0 Å². The van der Waals surface area contributed by atoms with Crippen molar-refractivity contribution in [1.29, 1.82) is 0 Å². The third kappa shape index (κ3) is 4.45. The van der Waals surface area contributed by atoms with E-state index in [1.165, 1.54) is 0 Å². The molecular formula is C21H22N4O. The molecule has 3 aromatic rings. The van der Waals surface area contributed by atoms with E-state index in [0.717, 1.165) is 16.8 Å². The molecule has 0 aliphatic rings. The maximum atomic E-state index is 12.6. The Morgan fingerprint density at radius 3 is 2.46 bits per heavy atom. The summed E-state index contributed by atoms with van der Waals surface area (Å²) in [6.07, 6.45) is 0. The van der Waals surface area contributed by atoms with E-state index in [2.05, 4.69) is 20.6 Å². The van der Waals surface area contributed by atoms with Crippen LogP contribution in [0.15, 0.2) is 60.7 Å². The molecule has 5 nitrogen and oxygen atoms in total. The quantitative estimate of drug-likeness (QED) is 0.722. The summed E-state index contributed by atoms with van der Waals surface area (Å²) in [5.41, 5.74) is 3.46. The van der Waals surface area contributed by atoms with Crippen molar-refractivity contribution < 1.29 is 4.79 Å². The Labute approximate surface area is 153 Å². The predicted molar refractivity (Wildman–Crippen MR) is 104 cm³/mol. The summed E-state index contributed by atoms with van der Waals surface area (Å²) in [7, 11) is 0. The van der Waals surface area contributed by atoms with Crippen LogP contribution in [0.5, 0.6) is 0 Å². The fourth-order valence-electron chi connectivity index (χ4n) is 2.71. The molecule has 0 fully saturated rings. The van der Waals surface area contributed by atoms with Crippen LogP contribution in [0.4, 0.5) is 11.5 Å². The van der Waals surface area contributed by atoms with Gasteiger partial charge in [-0.15, -0.1) is 0 Å². The van der Waals surface area contributed by atoms with E-state index in [4.69, 9.17) is 0 Å². The number of hydrogen-bond donors (Lipinski definition) is 2. The maximum Gasteiger partial charge on any atom is 0.270 e. The SMILES string of the molecule is Cc1cccc(Nc2cc(C(=O)NC(C)c3ccccc3)nc(C)n2)c1. The molecule has 2 aromatic carbocycles. The highest BCUT2D eigenvalue weighted by atomic mass is 16.1. The van der Waals surface area contributed by atoms with Gasteiger partial charge in [0.1, 0.15) is 17.3 Å². The molecule has 0 saturated carbocycles. The number of amides is 1. The van der Waals surface area contributed by atoms with E-state index < -0.39 is 0 Å². The van der Waals surface area contributed by atoms with Crippen LogP contribution < -0.4 is 10.6 Å². The molecule has 0 spiro atoms. The molecule has 2 N–H and O–H groups in total. The molecule has 5 heteroatoms. The molecule has 0 aliphatic heterocycles. The highest BCUT2D eigenvalue weighted by Crippen LogP contribution is 2.17. The van der Waals surface area contributed by atoms with Gasteiger partial charge in [-0.25, -0.2) is 9.97 Å². The van der Waals surface area contributed by atoms with Crippen LogP contribution in [0.3, 0.4) is 0 Å². The molecular weight excluding hydrogens is 324 g/mol. The molecule has 26 heavy (non-hydrogen) atoms. The number of anilines is 2. The molecule has 0 bridgehead atoms. The van der Waals surface area contributed by atoms with Crippen LogP contribution in [-0.4, -0.2) is 15.9 Å². The summed E-state index contributed by atoms with van der Waals surface area (Å²) in [6, 6.07) is 19.4. The predicted octanol–water partition coefficient (Wildman–Crippen LogP) is 4.33. The van der Waals surface area contributed by atoms with Crippen LogP contribution in [0.25, 0.3) is 0 Å². The van der Waals surface area contributed by atoms with Crippen molar-refractivity contribution >= 4 is 17.4 Å². The first-order valence-corrected chi connectivity index (χ1v) is 8.56. The van der Waals surface area contributed by atoms with Crippen LogP contribution in [0.2, 0.25) is 0 Å². The second-order valence-corrected chi connectivity index (χ2v) is 6.29. The number of nitrogens with zero attached hydrogens (tertiary/aromatic N) is 2. The summed E-state index contributed by atoms with van der Waals surface area (Å²) >= 11 is 0. The molecule has 1 unspecified atom stereocenters. The van der Waals surface area contributed by atoms with E-state index >= 15 is 0 Å². The van der Waals surface area contributed by atoms with Gasteiger partial charge >= 0.3 is 0 Å². The summed E-state index contributed by atoms with van der Waals surface area (Å²) in [5, 5.41) is 6.22. The molecule has 1 aromatic heterocycles. The number of rotatable bonds is 5. The van der Waals surface area contributed by atoms with Gasteiger partial charge < -0.3 is 10.6 Å². The molecule has 132 valence electrons. The van der Waals surface area contributed by atoms with Crippen LogP contribution in [-0.2, 0) is 0 Å². The number of nitrogens with one attached hydrogen (secondary N) is 2. The lowest BCUT2D eigenvalue weighted by Gasteiger charge is -2.15. The third-order valence-corrected chi connectivity index (χ3v) is 4.01. The number of carbonyl (C=O) groups is 1. The molecule has 1 heterocycles. The van der Waals surface area contributed by atoms with Gasteiger partial charge in [0, 0.05) is 11.8 Å². The van der Waals surface area contributed by atoms with Crippen LogP contribution in [0, 0.1) is 13.8 Å². The van der Waals surface area contributed by atoms with Crippen molar-refractivity contribution in [1.82, 2.24) is 15.3 Å². The third-order valence-electron chi connectivity index (χ3n) is 4.01. The number of carbonyl (C=O) groups excluding carboxylic acids is 1. The molecule has 0 aliphatic carbocycles. The zero-order chi connectivity index (χ0) is 18.5. The van der Waals surface area contributed by atoms with Gasteiger partial charge in [0.25, 0.3) is 5.91 Å². The largest absolute Gasteiger partial charge is 0.344 e. The highest BCUT2D eigenvalue weighted by molar-refractivity contribution is 5.93. The first kappa shape index (κ1) is 17.6. The van der Waals surface area contributed by atoms with Crippen molar-refractivity contribution in [3.05, 3.63) is 83.3 Å². The molecule has 0 saturated heterocycles. The van der Waals surface area contributed by atoms with Crippen molar-refractivity contribution in [3.63, 3.8) is 0 Å². The van der Waals surface area contributed by atoms with E-state index in [0.29, 0.717) is 17.3 Å². The second kappa shape index (κ2) is 7.78. The van der Waals surface area contributed by atoms with Crippen molar-refractivity contribution in [2.75, 3.05) is 5.32 Å². The highest BCUT2D eigenvalue weighted by Gasteiger charge is 2.14. The fraction of sp³-hybridized carbons (Fsp3) is 0.190. The lowest BCUT2D eigenvalue weighted by Crippen LogP contribution is -2.27. The standard InChI is InChI=1S/C21H22N4O/c1-14-8-7-11-18(12-14)25-20-13-19(23-16(3)24-20)21(26)22-15(2)17-9-5-4-6-10-17/h4-13,15H,1-3H3,(H,22,26)(H,23,24,25). The van der Waals surface area contributed by atoms with E-state index in [1.807, 2.05) is 68.4 Å². The van der Waals surface area contributed by atoms with E-state index in [9.17, 15) is 4.79 Å². The Morgan fingerprint density at radius 1 is 0.962 bits per heavy atom. The van der Waals surface area contributed by atoms with E-state index in [1.54, 1.807) is 13.0 Å². The summed E-state index contributed by atoms with van der Waals surface area (Å²) < 4.78 is 0. The van der Waals surface area contributed by atoms with E-state index in [-0.39, 0.29) is 11.9 Å². The minimum atomic E-state index is -0.223. The Morgan fingerprint density at radius 2 is 1.73 bits per heavy atom. The van der Waals surface area contributed by atoms with Crippen molar-refractivity contribution in [2.24, 2.45) is 0 Å². The Kier molecular flexibility index (Phi) is 5.27. The van der Waals surface area contributed by atoms with Crippen LogP contribution in [0.1, 0.15) is 40.4 Å². The average molecular weight is 346 g/mol. The van der Waals surface area contributed by atoms with Gasteiger partial charge in [-0.3, -0.25) is 4.79 Å². The van der Waals surface area contributed by atoms with Gasteiger partial charge in [0.05, 0.1) is 6.04 Å². The van der Waals surface area contributed by atoms with Gasteiger partial charge in [-0.2, -0.15) is 0 Å². The minimum Gasteiger partial charge on any atom is -0.344 e. The summed E-state index contributed by atoms with van der Waals surface area (Å²) in [5.74, 6) is 0.917. The zero-order valence-corrected chi connectivity index (χ0v) is 15.2. The molecule has 1 amide bonds. The van der Waals surface area contributed by atoms with Gasteiger partial charge in [0.15, 0.2) is 0 Å². The zero-order valence-electron chi connectivity index (χ0n) is 15.2. The number of hydrogen-bond acceptors (Lipinski definition) is 4. The topological polar surface area (TPSA) is 66.9 Å². The van der Waals surface area contributed by atoms with Crippen molar-refractivity contribution in [2.45, 2.75) is 26.8 Å². The molecule has 3 rings (SSSR count). The number of aromatic nitrogens is 2. The van der Waals surface area contributed by atoms with Gasteiger partial charge in [-0.05, 0) is 44.0 Å². The number of aryl methyl sites for hydroxylation is 2. The fourth-order valence-corrected chi connectivity index (χ4v) is 2.71. The number of benzene rings is 2. The van der Waals surface area contributed by atoms with Gasteiger partial charge in [0.2, 0.25) is 0 Å². The average Bonchev–Trinajstić information content (AvgIpc) is 2.62. The Bertz CT molecular complexity index is 909. The normalized spacial score (nSPS) is 11.7. The second-order valence-electron chi connectivity index (χ2n) is 6.29. The first-order chi connectivity index (χ1) is 12.5. The minimum absolute atomic E-state index is 0.104. The first-order valence-electron chi connectivity index (χ1n) is 8.56. The monoisotopic (exact) mass is 346 g/mol. The van der Waals surface area contributed by atoms with Crippen molar-refractivity contribution in [3.8, 4) is 0 Å². The maximum absolute atomic E-state index is 12.6.